The Morgan fingerprint density at radius 3 is 2.41 bits per heavy atom. The van der Waals surface area contributed by atoms with E-state index in [0.717, 1.165) is 46.7 Å². The summed E-state index contributed by atoms with van der Waals surface area (Å²) in [5.74, 6) is 1.31. The molecule has 194 valence electrons. The monoisotopic (exact) mass is 553 g/mol. The number of fused-ring (bicyclic) bond motifs is 1. The Morgan fingerprint density at radius 2 is 1.69 bits per heavy atom. The number of ether oxygens (including phenoxy) is 1. The highest BCUT2D eigenvalue weighted by atomic mass is 35.5. The van der Waals surface area contributed by atoms with Crippen molar-refractivity contribution in [1.82, 2.24) is 24.4 Å². The molecule has 0 aliphatic heterocycles. The molecule has 0 aliphatic rings. The Hall–Kier alpha value is -4.27. The minimum Gasteiger partial charge on any atom is -0.494 e. The predicted octanol–water partition coefficient (Wildman–Crippen LogP) is 6.05. The minimum absolute atomic E-state index is 0.220. The van der Waals surface area contributed by atoms with Gasteiger partial charge in [0.25, 0.3) is 5.56 Å². The van der Waals surface area contributed by atoms with Crippen LogP contribution in [-0.2, 0) is 0 Å². The van der Waals surface area contributed by atoms with Crippen molar-refractivity contribution < 1.29 is 4.74 Å². The first-order valence-electron chi connectivity index (χ1n) is 12.6. The second-order valence-electron chi connectivity index (χ2n) is 8.99. The molecule has 0 N–H and O–H groups in total. The number of benzene rings is 3. The van der Waals surface area contributed by atoms with Crippen molar-refractivity contribution in [3.8, 4) is 34.1 Å². The van der Waals surface area contributed by atoms with E-state index in [1.54, 1.807) is 0 Å². The SMILES string of the molecule is CCCCOc1ccc(-c2nc3sc(=Cc4cn(-c5ccccc5)nc4-c4ccc(Cl)cc4)c(=O)n3n2)cc1. The van der Waals surface area contributed by atoms with E-state index >= 15 is 0 Å². The van der Waals surface area contributed by atoms with Crippen LogP contribution < -0.4 is 14.8 Å². The highest BCUT2D eigenvalue weighted by Gasteiger charge is 2.15. The van der Waals surface area contributed by atoms with Crippen molar-refractivity contribution >= 4 is 34.0 Å². The average molecular weight is 554 g/mol. The van der Waals surface area contributed by atoms with Crippen molar-refractivity contribution in [1.29, 1.82) is 0 Å². The number of unbranched alkanes of at least 4 members (excludes halogenated alkanes) is 1. The lowest BCUT2D eigenvalue weighted by Crippen LogP contribution is -2.23. The molecule has 39 heavy (non-hydrogen) atoms. The fourth-order valence-electron chi connectivity index (χ4n) is 4.17. The average Bonchev–Trinajstić information content (AvgIpc) is 3.65. The molecule has 6 aromatic rings. The van der Waals surface area contributed by atoms with Crippen LogP contribution in [0.5, 0.6) is 5.75 Å². The summed E-state index contributed by atoms with van der Waals surface area (Å²) in [6.45, 7) is 2.82. The largest absolute Gasteiger partial charge is 0.494 e. The van der Waals surface area contributed by atoms with Gasteiger partial charge in [-0.2, -0.15) is 14.6 Å². The first-order chi connectivity index (χ1) is 19.1. The number of nitrogens with zero attached hydrogens (tertiary/aromatic N) is 5. The second kappa shape index (κ2) is 10.8. The number of rotatable bonds is 8. The zero-order chi connectivity index (χ0) is 26.8. The Balaban J connectivity index is 1.37. The van der Waals surface area contributed by atoms with E-state index in [2.05, 4.69) is 17.0 Å². The molecule has 3 aromatic heterocycles. The molecule has 0 spiro atoms. The fourth-order valence-corrected chi connectivity index (χ4v) is 5.19. The van der Waals surface area contributed by atoms with E-state index < -0.39 is 0 Å². The number of hydrogen-bond donors (Lipinski definition) is 0. The van der Waals surface area contributed by atoms with E-state index in [0.29, 0.717) is 26.9 Å². The Labute approximate surface area is 233 Å². The van der Waals surface area contributed by atoms with Gasteiger partial charge in [-0.1, -0.05) is 66.6 Å². The van der Waals surface area contributed by atoms with Crippen LogP contribution >= 0.6 is 22.9 Å². The molecule has 6 rings (SSSR count). The summed E-state index contributed by atoms with van der Waals surface area (Å²) in [6.07, 6.45) is 5.87. The maximum Gasteiger partial charge on any atom is 0.291 e. The van der Waals surface area contributed by atoms with Crippen molar-refractivity contribution in [3.05, 3.63) is 111 Å². The molecule has 9 heteroatoms. The van der Waals surface area contributed by atoms with Gasteiger partial charge >= 0.3 is 0 Å². The molecule has 0 saturated carbocycles. The van der Waals surface area contributed by atoms with Crippen LogP contribution in [-0.4, -0.2) is 31.0 Å². The second-order valence-corrected chi connectivity index (χ2v) is 10.4. The molecule has 0 fully saturated rings. The number of thiazole rings is 1. The number of halogens is 1. The summed E-state index contributed by atoms with van der Waals surface area (Å²) < 4.78 is 9.44. The molecule has 3 aromatic carbocycles. The maximum absolute atomic E-state index is 13.3. The summed E-state index contributed by atoms with van der Waals surface area (Å²) in [5.41, 5.74) is 3.98. The van der Waals surface area contributed by atoms with Crippen molar-refractivity contribution in [3.63, 3.8) is 0 Å². The van der Waals surface area contributed by atoms with Gasteiger partial charge in [-0.05, 0) is 61.0 Å². The van der Waals surface area contributed by atoms with E-state index in [9.17, 15) is 4.79 Å². The van der Waals surface area contributed by atoms with Crippen LogP contribution in [0, 0.1) is 0 Å². The van der Waals surface area contributed by atoms with E-state index in [1.807, 2.05) is 95.8 Å². The molecule has 0 aliphatic carbocycles. The van der Waals surface area contributed by atoms with Crippen molar-refractivity contribution in [2.24, 2.45) is 0 Å². The summed E-state index contributed by atoms with van der Waals surface area (Å²) in [7, 11) is 0. The lowest BCUT2D eigenvalue weighted by atomic mass is 10.1. The zero-order valence-electron chi connectivity index (χ0n) is 21.1. The molecule has 3 heterocycles. The molecule has 0 unspecified atom stereocenters. The van der Waals surface area contributed by atoms with Gasteiger partial charge < -0.3 is 4.74 Å². The maximum atomic E-state index is 13.3. The standard InChI is InChI=1S/C30H24ClN5O2S/c1-2-3-17-38-25-15-11-21(12-16-25)28-32-30-36(34-28)29(37)26(39-30)18-22-19-35(24-7-5-4-6-8-24)33-27(22)20-9-13-23(31)14-10-20/h4-16,18-19H,2-3,17H2,1H3. The Kier molecular flexibility index (Phi) is 6.96. The molecule has 7 nitrogen and oxygen atoms in total. The zero-order valence-corrected chi connectivity index (χ0v) is 22.7. The third-order valence-corrected chi connectivity index (χ3v) is 7.44. The smallest absolute Gasteiger partial charge is 0.291 e. The van der Waals surface area contributed by atoms with Crippen LogP contribution in [0.1, 0.15) is 25.3 Å². The lowest BCUT2D eigenvalue weighted by molar-refractivity contribution is 0.309. The summed E-state index contributed by atoms with van der Waals surface area (Å²) in [4.78, 5) is 18.5. The van der Waals surface area contributed by atoms with E-state index in [4.69, 9.17) is 21.4 Å². The van der Waals surface area contributed by atoms with Crippen LogP contribution in [0.3, 0.4) is 0 Å². The third-order valence-electron chi connectivity index (χ3n) is 6.23. The number of para-hydroxylation sites is 1. The molecule has 0 bridgehead atoms. The summed E-state index contributed by atoms with van der Waals surface area (Å²) >= 11 is 7.42. The summed E-state index contributed by atoms with van der Waals surface area (Å²) in [5, 5.41) is 9.98. The minimum atomic E-state index is -0.220. The first-order valence-corrected chi connectivity index (χ1v) is 13.8. The van der Waals surface area contributed by atoms with E-state index in [1.165, 1.54) is 15.9 Å². The van der Waals surface area contributed by atoms with Gasteiger partial charge in [0.15, 0.2) is 5.82 Å². The van der Waals surface area contributed by atoms with Crippen molar-refractivity contribution in [2.75, 3.05) is 6.61 Å². The Morgan fingerprint density at radius 1 is 0.949 bits per heavy atom. The summed E-state index contributed by atoms with van der Waals surface area (Å²) in [6, 6.07) is 25.0. The molecule has 0 saturated heterocycles. The lowest BCUT2D eigenvalue weighted by Gasteiger charge is -2.05. The molecule has 0 radical (unpaired) electrons. The van der Waals surface area contributed by atoms with Gasteiger partial charge in [0, 0.05) is 27.9 Å². The van der Waals surface area contributed by atoms with Crippen LogP contribution in [0.2, 0.25) is 5.02 Å². The van der Waals surface area contributed by atoms with Gasteiger partial charge in [0.1, 0.15) is 11.4 Å². The van der Waals surface area contributed by atoms with Crippen molar-refractivity contribution in [2.45, 2.75) is 19.8 Å². The molecular weight excluding hydrogens is 530 g/mol. The number of hydrogen-bond acceptors (Lipinski definition) is 6. The molecule has 0 amide bonds. The van der Waals surface area contributed by atoms with E-state index in [-0.39, 0.29) is 5.56 Å². The predicted molar refractivity (Wildman–Crippen MR) is 156 cm³/mol. The highest BCUT2D eigenvalue weighted by molar-refractivity contribution is 7.15. The van der Waals surface area contributed by atoms with Gasteiger partial charge in [-0.15, -0.1) is 5.10 Å². The topological polar surface area (TPSA) is 74.3 Å². The third kappa shape index (κ3) is 5.21. The van der Waals surface area contributed by atoms with Gasteiger partial charge in [-0.25, -0.2) is 4.68 Å². The molecule has 0 atom stereocenters. The number of aromatic nitrogens is 5. The van der Waals surface area contributed by atoms with Gasteiger partial charge in [-0.3, -0.25) is 4.79 Å². The molecular formula is C30H24ClN5O2S. The normalized spacial score (nSPS) is 11.9. The van der Waals surface area contributed by atoms with Gasteiger partial charge in [0.05, 0.1) is 16.8 Å². The Bertz CT molecular complexity index is 1840. The van der Waals surface area contributed by atoms with Crippen LogP contribution in [0.25, 0.3) is 39.4 Å². The van der Waals surface area contributed by atoms with Crippen LogP contribution in [0.15, 0.2) is 89.9 Å². The fraction of sp³-hybridized carbons (Fsp3) is 0.133. The first kappa shape index (κ1) is 25.0. The van der Waals surface area contributed by atoms with Crippen LogP contribution in [0.4, 0.5) is 0 Å². The van der Waals surface area contributed by atoms with Gasteiger partial charge in [0.2, 0.25) is 4.96 Å². The highest BCUT2D eigenvalue weighted by Crippen LogP contribution is 2.26. The quantitative estimate of drug-likeness (QED) is 0.214.